The molecule has 1 N–H and O–H groups in total. The van der Waals surface area contributed by atoms with E-state index < -0.39 is 20.6 Å². The molecule has 0 aliphatic rings. The third-order valence-corrected chi connectivity index (χ3v) is 3.81. The smallest absolute Gasteiger partial charge is 0.790 e. The van der Waals surface area contributed by atoms with Crippen LogP contribution in [-0.4, -0.2) is 22.8 Å². The summed E-state index contributed by atoms with van der Waals surface area (Å²) in [6, 6.07) is 5.46. The van der Waals surface area contributed by atoms with Gasteiger partial charge in [0.15, 0.2) is 0 Å². The van der Waals surface area contributed by atoms with Crippen molar-refractivity contribution in [1.82, 2.24) is 9.55 Å². The number of ether oxygens (including phenoxy) is 1. The van der Waals surface area contributed by atoms with Gasteiger partial charge >= 0.3 is 65.2 Å². The van der Waals surface area contributed by atoms with E-state index >= 15 is 0 Å². The Labute approximate surface area is 195 Å². The maximum absolute atomic E-state index is 11.4. The van der Waals surface area contributed by atoms with Crippen molar-refractivity contribution < 1.29 is 87.5 Å². The van der Waals surface area contributed by atoms with Crippen molar-refractivity contribution in [1.29, 1.82) is 0 Å². The van der Waals surface area contributed by atoms with Crippen molar-refractivity contribution in [3.8, 4) is 0 Å². The van der Waals surface area contributed by atoms with Gasteiger partial charge in [-0.15, -0.1) is 0 Å². The Hall–Kier alpha value is 0.0700. The molecule has 0 atom stereocenters. The number of imidazole rings is 1. The summed E-state index contributed by atoms with van der Waals surface area (Å²) in [5.41, 5.74) is 2.14. The summed E-state index contributed by atoms with van der Waals surface area (Å²) in [4.78, 5) is 37.1. The van der Waals surface area contributed by atoms with Crippen molar-refractivity contribution in [2.75, 3.05) is 12.4 Å². The summed E-state index contributed by atoms with van der Waals surface area (Å²) in [6.07, 6.45) is 2.19. The third kappa shape index (κ3) is 7.59. The first kappa shape index (κ1) is 26.1. The second-order valence-corrected chi connectivity index (χ2v) is 6.26. The van der Waals surface area contributed by atoms with E-state index in [0.29, 0.717) is 11.0 Å². The summed E-state index contributed by atoms with van der Waals surface area (Å²) >= 11 is 0. The van der Waals surface area contributed by atoms with Gasteiger partial charge in [-0.2, -0.15) is 0 Å². The molecule has 0 fully saturated rings. The van der Waals surface area contributed by atoms with E-state index in [9.17, 15) is 19.1 Å². The predicted molar refractivity (Wildman–Crippen MR) is 83.1 cm³/mol. The molecule has 0 aliphatic carbocycles. The van der Waals surface area contributed by atoms with Gasteiger partial charge in [-0.05, 0) is 30.5 Å². The number of unbranched alkanes of at least 4 members (excludes halogenated alkanes) is 1. The summed E-state index contributed by atoms with van der Waals surface area (Å²) < 4.78 is 20.8. The minimum absolute atomic E-state index is 0. The van der Waals surface area contributed by atoms with Crippen LogP contribution in [0.25, 0.3) is 11.0 Å². The number of hydrogen-bond acceptors (Lipinski definition) is 7. The molecule has 0 aliphatic heterocycles. The molecule has 2 aromatic rings. The predicted octanol–water partition coefficient (Wildman–Crippen LogP) is -4.63. The average Bonchev–Trinajstić information content (AvgIpc) is 2.86. The van der Waals surface area contributed by atoms with Gasteiger partial charge in [-0.25, -0.2) is 9.78 Å². The molecule has 0 bridgehead atoms. The number of methoxy groups -OCH3 is 1. The second-order valence-electron chi connectivity index (χ2n) is 5.11. The van der Waals surface area contributed by atoms with Crippen molar-refractivity contribution >= 4 is 30.9 Å². The number of aromatic nitrogens is 2. The van der Waals surface area contributed by atoms with E-state index in [1.54, 1.807) is 6.07 Å². The Balaban J connectivity index is 0.00000312. The van der Waals surface area contributed by atoms with Crippen LogP contribution in [0.4, 0.5) is 10.7 Å². The fourth-order valence-corrected chi connectivity index (χ4v) is 2.47. The topological polar surface area (TPSA) is 129 Å². The number of carbonyl (C=O) groups is 1. The van der Waals surface area contributed by atoms with Gasteiger partial charge in [0.1, 0.15) is 6.73 Å². The first-order chi connectivity index (χ1) is 11.3. The number of carbonyl (C=O) groups excluding carboxylic acids is 1. The van der Waals surface area contributed by atoms with Crippen molar-refractivity contribution in [2.24, 2.45) is 0 Å². The van der Waals surface area contributed by atoms with E-state index in [2.05, 4.69) is 26.5 Å². The van der Waals surface area contributed by atoms with E-state index in [-0.39, 0.29) is 65.1 Å². The molecule has 1 aromatic carbocycles. The normalized spacial score (nSPS) is 10.8. The SMILES string of the molecule is CCCCc1ccc2c(c1)nc(NC(=O)OC)n2COP(=O)([O-])[O-].[Na+].[Na+]. The van der Waals surface area contributed by atoms with Gasteiger partial charge in [0, 0.05) is 0 Å². The van der Waals surface area contributed by atoms with Crippen LogP contribution in [0.3, 0.4) is 0 Å². The molecule has 12 heteroatoms. The zero-order valence-electron chi connectivity index (χ0n) is 15.4. The van der Waals surface area contributed by atoms with E-state index in [4.69, 9.17) is 0 Å². The molecule has 1 heterocycles. The van der Waals surface area contributed by atoms with Crippen LogP contribution < -0.4 is 74.2 Å². The molecule has 132 valence electrons. The first-order valence-corrected chi connectivity index (χ1v) is 8.81. The number of phosphoric ester groups is 1. The monoisotopic (exact) mass is 401 g/mol. The van der Waals surface area contributed by atoms with Crippen LogP contribution in [0.15, 0.2) is 18.2 Å². The number of nitrogens with one attached hydrogen (secondary N) is 1. The Morgan fingerprint density at radius 1 is 1.35 bits per heavy atom. The number of phosphoric acid groups is 1. The minimum Gasteiger partial charge on any atom is -0.790 e. The molecule has 0 saturated heterocycles. The average molecular weight is 401 g/mol. The van der Waals surface area contributed by atoms with E-state index in [1.165, 1.54) is 11.7 Å². The van der Waals surface area contributed by atoms with Gasteiger partial charge < -0.3 is 23.6 Å². The van der Waals surface area contributed by atoms with Crippen molar-refractivity contribution in [3.05, 3.63) is 23.8 Å². The van der Waals surface area contributed by atoms with E-state index in [1.807, 2.05) is 12.1 Å². The van der Waals surface area contributed by atoms with Crippen LogP contribution in [0.1, 0.15) is 25.3 Å². The number of fused-ring (bicyclic) bond motifs is 1. The van der Waals surface area contributed by atoms with Crippen molar-refractivity contribution in [2.45, 2.75) is 32.9 Å². The maximum atomic E-state index is 11.4. The molecule has 0 radical (unpaired) electrons. The van der Waals surface area contributed by atoms with Crippen LogP contribution in [-0.2, 0) is 27.0 Å². The standard InChI is InChI=1S/C14H20N3O6P.2Na/c1-3-4-5-10-6-7-12-11(8-10)15-13(16-14(18)22-2)17(12)9-23-24(19,20)21;;/h6-8H,3-5,9H2,1-2H3,(H,15,16,18)(H2,19,20,21);;/q;2*+1/p-2. The zero-order chi connectivity index (χ0) is 17.7. The first-order valence-electron chi connectivity index (χ1n) is 7.34. The Morgan fingerprint density at radius 3 is 2.62 bits per heavy atom. The summed E-state index contributed by atoms with van der Waals surface area (Å²) in [5, 5.41) is 2.37. The molecular weight excluding hydrogens is 383 g/mol. The fraction of sp³-hybridized carbons (Fsp3) is 0.429. The molecule has 0 unspecified atom stereocenters. The Bertz CT molecular complexity index is 779. The largest absolute Gasteiger partial charge is 1.00 e. The molecule has 0 saturated carbocycles. The summed E-state index contributed by atoms with van der Waals surface area (Å²) in [5.74, 6) is 0.0259. The number of rotatable bonds is 7. The van der Waals surface area contributed by atoms with Gasteiger partial charge in [-0.3, -0.25) is 9.88 Å². The van der Waals surface area contributed by atoms with Crippen molar-refractivity contribution in [3.63, 3.8) is 0 Å². The molecule has 0 spiro atoms. The van der Waals surface area contributed by atoms with Crippen LogP contribution in [0.2, 0.25) is 0 Å². The number of amides is 1. The minimum atomic E-state index is -5.16. The molecule has 9 nitrogen and oxygen atoms in total. The van der Waals surface area contributed by atoms with Crippen LogP contribution >= 0.6 is 7.82 Å². The second kappa shape index (κ2) is 11.8. The molecule has 1 aromatic heterocycles. The summed E-state index contributed by atoms with van der Waals surface area (Å²) in [6.45, 7) is 1.50. The fourth-order valence-electron chi connectivity index (χ4n) is 2.21. The zero-order valence-corrected chi connectivity index (χ0v) is 20.2. The maximum Gasteiger partial charge on any atom is 1.00 e. The molecular formula is C14H18N3Na2O6P. The quantitative estimate of drug-likeness (QED) is 0.365. The Morgan fingerprint density at radius 2 is 2.04 bits per heavy atom. The van der Waals surface area contributed by atoms with Gasteiger partial charge in [-0.1, -0.05) is 19.4 Å². The number of nitrogens with zero attached hydrogens (tertiary/aromatic N) is 2. The number of hydrogen-bond donors (Lipinski definition) is 1. The van der Waals surface area contributed by atoms with Gasteiger partial charge in [0.05, 0.1) is 26.0 Å². The third-order valence-electron chi connectivity index (χ3n) is 3.38. The van der Waals surface area contributed by atoms with Gasteiger partial charge in [0.25, 0.3) is 0 Å². The Kier molecular flexibility index (Phi) is 11.8. The summed E-state index contributed by atoms with van der Waals surface area (Å²) in [7, 11) is -3.98. The van der Waals surface area contributed by atoms with Gasteiger partial charge in [0.2, 0.25) is 5.95 Å². The number of aryl methyl sites for hydroxylation is 1. The number of benzene rings is 1. The van der Waals surface area contributed by atoms with Crippen LogP contribution in [0, 0.1) is 0 Å². The number of anilines is 1. The van der Waals surface area contributed by atoms with E-state index in [0.717, 1.165) is 24.8 Å². The molecule has 1 amide bonds. The molecule has 2 rings (SSSR count). The molecule has 26 heavy (non-hydrogen) atoms. The van der Waals surface area contributed by atoms with Crippen LogP contribution in [0.5, 0.6) is 0 Å².